The van der Waals surface area contributed by atoms with Gasteiger partial charge in [-0.25, -0.2) is 13.2 Å². The normalized spacial score (nSPS) is 12.7. The van der Waals surface area contributed by atoms with E-state index in [1.807, 2.05) is 72.8 Å². The van der Waals surface area contributed by atoms with Crippen molar-refractivity contribution in [2.24, 2.45) is 0 Å². The third-order valence-electron chi connectivity index (χ3n) is 9.88. The highest BCUT2D eigenvalue weighted by atomic mass is 79.9. The lowest BCUT2D eigenvalue weighted by Crippen LogP contribution is -2.31. The van der Waals surface area contributed by atoms with Crippen LogP contribution in [-0.2, 0) is 25.6 Å². The van der Waals surface area contributed by atoms with Crippen molar-refractivity contribution in [2.75, 3.05) is 41.9 Å². The highest BCUT2D eigenvalue weighted by Gasteiger charge is 2.32. The van der Waals surface area contributed by atoms with Gasteiger partial charge in [0, 0.05) is 15.8 Å². The summed E-state index contributed by atoms with van der Waals surface area (Å²) in [6.45, 7) is 15.0. The van der Waals surface area contributed by atoms with E-state index in [0.717, 1.165) is 66.2 Å². The number of sulfonamides is 1. The summed E-state index contributed by atoms with van der Waals surface area (Å²) in [5.41, 5.74) is 3.09. The average molecular weight is 909 g/mol. The van der Waals surface area contributed by atoms with E-state index in [9.17, 15) is 13.2 Å². The predicted octanol–water partition coefficient (Wildman–Crippen LogP) is 13.2. The Hall–Kier alpha value is -2.77. The smallest absolute Gasteiger partial charge is 0.411 e. The van der Waals surface area contributed by atoms with Crippen molar-refractivity contribution < 1.29 is 26.9 Å². The quantitative estimate of drug-likeness (QED) is 0.0725. The van der Waals surface area contributed by atoms with Gasteiger partial charge in [-0.15, -0.1) is 10.3 Å². The van der Waals surface area contributed by atoms with Crippen LogP contribution in [0.3, 0.4) is 0 Å². The number of carbonyl (C=O) groups excluding carboxylic acids is 1. The van der Waals surface area contributed by atoms with E-state index in [1.54, 1.807) is 0 Å². The summed E-state index contributed by atoms with van der Waals surface area (Å²) in [6, 6.07) is 23.0. The van der Waals surface area contributed by atoms with Gasteiger partial charge in [0.05, 0.1) is 17.6 Å². The van der Waals surface area contributed by atoms with Crippen LogP contribution in [0.15, 0.2) is 77.3 Å². The lowest BCUT2D eigenvalue weighted by atomic mass is 10.1. The first kappa shape index (κ1) is 51.4. The molecule has 3 aromatic rings. The molecular weight excluding hydrogens is 835 g/mol. The number of amides is 1. The molecule has 0 saturated carbocycles. The van der Waals surface area contributed by atoms with E-state index in [1.165, 1.54) is 44.9 Å². The van der Waals surface area contributed by atoms with Crippen molar-refractivity contribution in [3.8, 4) is 5.75 Å². The Morgan fingerprint density at radius 1 is 0.759 bits per heavy atom. The van der Waals surface area contributed by atoms with Gasteiger partial charge in [0.1, 0.15) is 24.6 Å². The SMILES string of the molecule is CCCC(CCC)OC(=O)Nc1ccccc1Br.CCCCCCCCCCNCC(OS(C)(C)C(C)(C)C)c1ccc(OCc2ccccc2)c(NS(C)(=O)=O)c1. The number of halogens is 1. The Bertz CT molecular complexity index is 1700. The summed E-state index contributed by atoms with van der Waals surface area (Å²) in [5.74, 6) is 0.492. The first-order valence-corrected chi connectivity index (χ1v) is 26.2. The van der Waals surface area contributed by atoms with E-state index in [2.05, 4.69) is 85.3 Å². The van der Waals surface area contributed by atoms with Gasteiger partial charge in [0.15, 0.2) is 0 Å². The van der Waals surface area contributed by atoms with E-state index in [-0.39, 0.29) is 23.0 Å². The Kier molecular flexibility index (Phi) is 24.0. The van der Waals surface area contributed by atoms with E-state index in [0.29, 0.717) is 24.6 Å². The minimum Gasteiger partial charge on any atom is -0.487 e. The number of ether oxygens (including phenoxy) is 2. The van der Waals surface area contributed by atoms with Crippen molar-refractivity contribution in [1.82, 2.24) is 5.32 Å². The summed E-state index contributed by atoms with van der Waals surface area (Å²) < 4.78 is 46.3. The second-order valence-corrected chi connectivity index (χ2v) is 22.7. The maximum Gasteiger partial charge on any atom is 0.411 e. The summed E-state index contributed by atoms with van der Waals surface area (Å²) in [6.07, 6.45) is 19.2. The van der Waals surface area contributed by atoms with Crippen LogP contribution >= 0.6 is 26.2 Å². The van der Waals surface area contributed by atoms with Gasteiger partial charge < -0.3 is 19.0 Å². The van der Waals surface area contributed by atoms with Crippen molar-refractivity contribution in [3.63, 3.8) is 0 Å². The molecule has 0 radical (unpaired) electrons. The fourth-order valence-corrected chi connectivity index (χ4v) is 7.90. The van der Waals surface area contributed by atoms with Gasteiger partial charge in [0.2, 0.25) is 10.0 Å². The molecule has 0 spiro atoms. The second-order valence-electron chi connectivity index (χ2n) is 16.2. The Morgan fingerprint density at radius 2 is 1.36 bits per heavy atom. The molecule has 0 saturated heterocycles. The van der Waals surface area contributed by atoms with Gasteiger partial charge in [-0.05, 0) is 89.6 Å². The van der Waals surface area contributed by atoms with Crippen LogP contribution in [0.1, 0.15) is 136 Å². The van der Waals surface area contributed by atoms with Crippen LogP contribution in [0.2, 0.25) is 0 Å². The zero-order valence-electron chi connectivity index (χ0n) is 36.8. The molecule has 12 heteroatoms. The molecule has 0 aliphatic heterocycles. The number of benzene rings is 3. The maximum absolute atomic E-state index is 12.2. The molecule has 0 bridgehead atoms. The monoisotopic (exact) mass is 907 g/mol. The lowest BCUT2D eigenvalue weighted by molar-refractivity contribution is 0.0988. The Labute approximate surface area is 362 Å². The zero-order chi connectivity index (χ0) is 43.0. The molecule has 58 heavy (non-hydrogen) atoms. The van der Waals surface area contributed by atoms with Crippen molar-refractivity contribution >= 4 is 53.7 Å². The third kappa shape index (κ3) is 21.0. The number of para-hydroxylation sites is 1. The molecular formula is C46H74BrN3O6S2. The fraction of sp³-hybridized carbons (Fsp3) is 0.587. The summed E-state index contributed by atoms with van der Waals surface area (Å²) >= 11 is 3.38. The van der Waals surface area contributed by atoms with Crippen LogP contribution < -0.4 is 20.1 Å². The average Bonchev–Trinajstić information content (AvgIpc) is 3.15. The van der Waals surface area contributed by atoms with Crippen LogP contribution in [0.4, 0.5) is 16.2 Å². The first-order chi connectivity index (χ1) is 27.5. The van der Waals surface area contributed by atoms with Crippen molar-refractivity contribution in [2.45, 2.75) is 142 Å². The zero-order valence-corrected chi connectivity index (χ0v) is 40.1. The molecule has 1 atom stereocenters. The van der Waals surface area contributed by atoms with E-state index >= 15 is 0 Å². The summed E-state index contributed by atoms with van der Waals surface area (Å²) in [4.78, 5) is 11.8. The van der Waals surface area contributed by atoms with Crippen LogP contribution in [0.25, 0.3) is 0 Å². The van der Waals surface area contributed by atoms with Gasteiger partial charge in [-0.3, -0.25) is 10.0 Å². The highest BCUT2D eigenvalue weighted by molar-refractivity contribution is 9.10. The standard InChI is InChI=1S/C32H54N2O4S2.C14H20BrNO2/c1-8-9-10-11-12-13-14-18-23-33-25-31(38-39(5,6)32(2,3)4)28-21-22-30(29(24-28)34-40(7,35)36)37-26-27-19-16-15-17-20-27;1-3-7-11(8-4-2)18-14(17)16-13-10-6-5-9-12(13)15/h15-17,19-22,24,31,33-34H,8-14,18,23,25-26H2,1-7H3;5-6,9-11H,3-4,7-8H2,1-2H3,(H,16,17). The minimum atomic E-state index is -3.50. The largest absolute Gasteiger partial charge is 0.487 e. The van der Waals surface area contributed by atoms with Gasteiger partial charge >= 0.3 is 6.09 Å². The molecule has 1 unspecified atom stereocenters. The Balaban J connectivity index is 0.000000536. The predicted molar refractivity (Wildman–Crippen MR) is 252 cm³/mol. The number of nitrogens with one attached hydrogen (secondary N) is 3. The van der Waals surface area contributed by atoms with Crippen LogP contribution in [0, 0.1) is 0 Å². The van der Waals surface area contributed by atoms with Crippen molar-refractivity contribution in [3.05, 3.63) is 88.4 Å². The molecule has 0 aromatic heterocycles. The van der Waals surface area contributed by atoms with Crippen LogP contribution in [0.5, 0.6) is 5.75 Å². The summed E-state index contributed by atoms with van der Waals surface area (Å²) in [5, 5.41) is 6.37. The first-order valence-electron chi connectivity index (χ1n) is 21.1. The number of carbonyl (C=O) groups is 1. The number of anilines is 2. The molecule has 9 nitrogen and oxygen atoms in total. The number of unbranched alkanes of at least 4 members (excludes halogenated alkanes) is 7. The molecule has 0 fully saturated rings. The number of hydrogen-bond acceptors (Lipinski definition) is 7. The molecule has 328 valence electrons. The van der Waals surface area contributed by atoms with Crippen molar-refractivity contribution in [1.29, 1.82) is 0 Å². The van der Waals surface area contributed by atoms with Gasteiger partial charge in [0.25, 0.3) is 0 Å². The molecule has 0 aliphatic carbocycles. The summed E-state index contributed by atoms with van der Waals surface area (Å²) in [7, 11) is -4.92. The minimum absolute atomic E-state index is 0.00437. The highest BCUT2D eigenvalue weighted by Crippen LogP contribution is 2.56. The molecule has 3 N–H and O–H groups in total. The number of hydrogen-bond donors (Lipinski definition) is 3. The lowest BCUT2D eigenvalue weighted by Gasteiger charge is -2.46. The third-order valence-corrected chi connectivity index (χ3v) is 14.8. The molecule has 0 aliphatic rings. The van der Waals surface area contributed by atoms with Gasteiger partial charge in [-0.2, -0.15) is 0 Å². The maximum atomic E-state index is 12.2. The van der Waals surface area contributed by atoms with E-state index in [4.69, 9.17) is 13.7 Å². The second kappa shape index (κ2) is 27.2. The molecule has 3 rings (SSSR count). The number of rotatable bonds is 25. The van der Waals surface area contributed by atoms with E-state index < -0.39 is 20.3 Å². The topological polar surface area (TPSA) is 115 Å². The van der Waals surface area contributed by atoms with Crippen LogP contribution in [-0.4, -0.2) is 57.2 Å². The molecule has 0 heterocycles. The van der Waals surface area contributed by atoms with Gasteiger partial charge in [-0.1, -0.05) is 148 Å². The molecule has 1 amide bonds. The fourth-order valence-electron chi connectivity index (χ4n) is 5.91. The molecule has 3 aromatic carbocycles. The Morgan fingerprint density at radius 3 is 1.95 bits per heavy atom.